The minimum absolute atomic E-state index is 0.342. The monoisotopic (exact) mass is 636 g/mol. The Balaban J connectivity index is 2.27. The minimum Gasteiger partial charge on any atom is -0.426 e. The summed E-state index contributed by atoms with van der Waals surface area (Å²) in [6, 6.07) is 17.7. The van der Waals surface area contributed by atoms with Crippen LogP contribution >= 0.6 is 7.82 Å². The van der Waals surface area contributed by atoms with E-state index in [0.29, 0.717) is 29.6 Å². The Kier molecular flexibility index (Phi) is 16.8. The van der Waals surface area contributed by atoms with Crippen molar-refractivity contribution in [1.29, 1.82) is 0 Å². The molecule has 0 heterocycles. The van der Waals surface area contributed by atoms with Crippen LogP contribution in [0.3, 0.4) is 0 Å². The number of carbonyl (C=O) groups is 1. The predicted octanol–water partition coefficient (Wildman–Crippen LogP) is 6.14. The van der Waals surface area contributed by atoms with Gasteiger partial charge in [0.2, 0.25) is 0 Å². The van der Waals surface area contributed by atoms with E-state index in [0.717, 1.165) is 44.1 Å². The summed E-state index contributed by atoms with van der Waals surface area (Å²) in [6.07, 6.45) is 6.10. The fourth-order valence-electron chi connectivity index (χ4n) is 5.37. The first-order chi connectivity index (χ1) is 20.9. The number of esters is 1. The molecule has 3 N–H and O–H groups in total. The first-order valence-corrected chi connectivity index (χ1v) is 17.5. The van der Waals surface area contributed by atoms with Crippen molar-refractivity contribution in [3.63, 3.8) is 0 Å². The third kappa shape index (κ3) is 14.8. The first-order valence-electron chi connectivity index (χ1n) is 16.0. The number of hydrogen-bond acceptors (Lipinski definition) is 7. The fourth-order valence-corrected chi connectivity index (χ4v) is 6.36. The lowest BCUT2D eigenvalue weighted by molar-refractivity contribution is -0.873. The van der Waals surface area contributed by atoms with Gasteiger partial charge in [-0.25, -0.2) is 4.57 Å². The Labute approximate surface area is 264 Å². The average Bonchev–Trinajstić information content (AvgIpc) is 2.97. The highest BCUT2D eigenvalue weighted by molar-refractivity contribution is 7.47. The second-order valence-electron chi connectivity index (χ2n) is 12.7. The van der Waals surface area contributed by atoms with E-state index in [9.17, 15) is 19.4 Å². The molecule has 44 heavy (non-hydrogen) atoms. The number of quaternary nitrogens is 1. The molecule has 0 amide bonds. The molecule has 2 rings (SSSR count). The summed E-state index contributed by atoms with van der Waals surface area (Å²) in [5.41, 5.74) is 2.30. The lowest BCUT2D eigenvalue weighted by Crippen LogP contribution is -2.48. The smallest absolute Gasteiger partial charge is 0.426 e. The van der Waals surface area contributed by atoms with Crippen LogP contribution in [0.25, 0.3) is 0 Å². The molecule has 0 aliphatic heterocycles. The number of phosphoric acid groups is 1. The quantitative estimate of drug-likeness (QED) is 0.0464. The average molecular weight is 637 g/mol. The number of rotatable bonds is 22. The highest BCUT2D eigenvalue weighted by atomic mass is 31.2. The Morgan fingerprint density at radius 1 is 0.909 bits per heavy atom. The summed E-state index contributed by atoms with van der Waals surface area (Å²) in [6.45, 7) is 3.27. The molecular weight excluding hydrogens is 581 g/mol. The normalized spacial score (nSPS) is 16.1. The molecular formula is C34H55NO8P+. The number of likely N-dealkylation sites (N-methyl/N-ethyl adjacent to an activating group) is 1. The molecule has 0 radical (unpaired) electrons. The van der Waals surface area contributed by atoms with Crippen molar-refractivity contribution in [1.82, 2.24) is 0 Å². The van der Waals surface area contributed by atoms with Crippen LogP contribution in [-0.2, 0) is 24.8 Å². The van der Waals surface area contributed by atoms with Gasteiger partial charge in [-0.1, -0.05) is 94.8 Å². The molecule has 0 spiro atoms. The molecule has 0 fully saturated rings. The topological polar surface area (TPSA) is 123 Å². The Morgan fingerprint density at radius 3 is 2.11 bits per heavy atom. The molecule has 0 saturated heterocycles. The second kappa shape index (κ2) is 19.4. The van der Waals surface area contributed by atoms with Gasteiger partial charge in [0.15, 0.2) is 0 Å². The van der Waals surface area contributed by atoms with Gasteiger partial charge in [-0.15, -0.1) is 0 Å². The number of aliphatic hydroxyl groups is 2. The Morgan fingerprint density at radius 2 is 1.52 bits per heavy atom. The first kappa shape index (κ1) is 38.1. The number of nitrogens with zero attached hydrogens (tertiary/aromatic N) is 1. The number of ether oxygens (including phenoxy) is 1. The summed E-state index contributed by atoms with van der Waals surface area (Å²) in [5.74, 6) is -0.963. The van der Waals surface area contributed by atoms with Crippen LogP contribution in [0, 0.1) is 11.8 Å². The molecule has 5 atom stereocenters. The van der Waals surface area contributed by atoms with Crippen LogP contribution in [0.2, 0.25) is 0 Å². The van der Waals surface area contributed by atoms with Crippen LogP contribution in [0.4, 0.5) is 0 Å². The molecule has 2 aromatic rings. The van der Waals surface area contributed by atoms with Gasteiger partial charge in [-0.2, -0.15) is 0 Å². The van der Waals surface area contributed by atoms with Gasteiger partial charge < -0.3 is 24.3 Å². The number of carbonyl (C=O) groups excluding carboxylic acids is 1. The van der Waals surface area contributed by atoms with Crippen molar-refractivity contribution < 1.29 is 42.7 Å². The summed E-state index contributed by atoms with van der Waals surface area (Å²) < 4.78 is 30.1. The third-order valence-corrected chi connectivity index (χ3v) is 8.67. The number of hydrogen-bond donors (Lipinski definition) is 3. The lowest BCUT2D eigenvalue weighted by atomic mass is 9.81. The molecule has 10 heteroatoms. The van der Waals surface area contributed by atoms with E-state index < -0.39 is 51.0 Å². The van der Waals surface area contributed by atoms with Gasteiger partial charge in [0, 0.05) is 5.92 Å². The highest BCUT2D eigenvalue weighted by Crippen LogP contribution is 2.47. The van der Waals surface area contributed by atoms with Crippen molar-refractivity contribution in [3.8, 4) is 5.75 Å². The van der Waals surface area contributed by atoms with E-state index in [-0.39, 0.29) is 0 Å². The molecule has 9 nitrogen and oxygen atoms in total. The number of aliphatic hydroxyl groups excluding tert-OH is 2. The fraction of sp³-hybridized carbons (Fsp3) is 0.618. The maximum Gasteiger partial charge on any atom is 0.472 e. The predicted molar refractivity (Wildman–Crippen MR) is 173 cm³/mol. The molecule has 5 unspecified atom stereocenters. The van der Waals surface area contributed by atoms with Crippen LogP contribution in [-0.4, -0.2) is 78.7 Å². The largest absolute Gasteiger partial charge is 0.472 e. The minimum atomic E-state index is -4.62. The van der Waals surface area contributed by atoms with Gasteiger partial charge in [0.25, 0.3) is 0 Å². The summed E-state index contributed by atoms with van der Waals surface area (Å²) in [4.78, 5) is 24.3. The molecule has 2 aromatic carbocycles. The van der Waals surface area contributed by atoms with Gasteiger partial charge in [0.1, 0.15) is 24.5 Å². The molecule has 248 valence electrons. The van der Waals surface area contributed by atoms with Crippen molar-refractivity contribution in [3.05, 3.63) is 65.7 Å². The van der Waals surface area contributed by atoms with E-state index in [1.165, 1.54) is 12.0 Å². The summed E-state index contributed by atoms with van der Waals surface area (Å²) in [5, 5.41) is 18.8. The lowest BCUT2D eigenvalue weighted by Gasteiger charge is -2.36. The van der Waals surface area contributed by atoms with E-state index in [2.05, 4.69) is 19.1 Å². The van der Waals surface area contributed by atoms with Crippen molar-refractivity contribution in [2.45, 2.75) is 83.8 Å². The third-order valence-electron chi connectivity index (χ3n) is 7.66. The maximum atomic E-state index is 13.7. The number of benzene rings is 2. The van der Waals surface area contributed by atoms with Crippen molar-refractivity contribution in [2.24, 2.45) is 11.8 Å². The van der Waals surface area contributed by atoms with Crippen LogP contribution < -0.4 is 4.74 Å². The zero-order valence-corrected chi connectivity index (χ0v) is 28.2. The van der Waals surface area contributed by atoms with Crippen LogP contribution in [0.5, 0.6) is 5.75 Å². The zero-order valence-electron chi connectivity index (χ0n) is 27.3. The Hall–Kier alpha value is -2.10. The van der Waals surface area contributed by atoms with Gasteiger partial charge in [-0.3, -0.25) is 13.8 Å². The van der Waals surface area contributed by atoms with Crippen molar-refractivity contribution in [2.75, 3.05) is 40.9 Å². The molecule has 0 aliphatic carbocycles. The van der Waals surface area contributed by atoms with E-state index >= 15 is 0 Å². The zero-order chi connectivity index (χ0) is 32.6. The van der Waals surface area contributed by atoms with Crippen molar-refractivity contribution >= 4 is 13.8 Å². The SMILES string of the molecule is CCCCCCCCC(C(C[N+](C)(C)C)OP(=O)(O)OCC(O)CO)C(CC)C(=O)Oc1ccc(Cc2ccccc2)cc1. The van der Waals surface area contributed by atoms with E-state index in [1.807, 2.05) is 58.4 Å². The molecule has 0 aromatic heterocycles. The Bertz CT molecular complexity index is 1120. The van der Waals surface area contributed by atoms with Crippen LogP contribution in [0.1, 0.15) is 76.3 Å². The summed E-state index contributed by atoms with van der Waals surface area (Å²) in [7, 11) is 1.23. The maximum absolute atomic E-state index is 13.7. The van der Waals surface area contributed by atoms with Gasteiger partial charge >= 0.3 is 13.8 Å². The summed E-state index contributed by atoms with van der Waals surface area (Å²) >= 11 is 0. The molecule has 0 aliphatic rings. The number of unbranched alkanes of at least 4 members (excludes halogenated alkanes) is 5. The van der Waals surface area contributed by atoms with E-state index in [1.54, 1.807) is 12.1 Å². The number of phosphoric ester groups is 1. The standard InChI is InChI=1S/C34H54NO8P/c1-6-8-9-10-11-15-18-32(33(24-35(3,4)5)43-44(39,40)41-26-29(37)25-36)31(7-2)34(38)42-30-21-19-28(20-22-30)23-27-16-13-12-14-17-27/h12-14,16-17,19-22,29,31-33,36-37H,6-11,15,18,23-26H2,1-5H3/p+1. The highest BCUT2D eigenvalue weighted by Gasteiger charge is 2.41. The van der Waals surface area contributed by atoms with E-state index in [4.69, 9.17) is 18.9 Å². The second-order valence-corrected chi connectivity index (χ2v) is 14.1. The molecule has 0 saturated carbocycles. The van der Waals surface area contributed by atoms with Gasteiger partial charge in [-0.05, 0) is 42.5 Å². The van der Waals surface area contributed by atoms with Gasteiger partial charge in [0.05, 0.1) is 40.3 Å². The van der Waals surface area contributed by atoms with Crippen LogP contribution in [0.15, 0.2) is 54.6 Å². The molecule has 0 bridgehead atoms.